The van der Waals surface area contributed by atoms with Crippen molar-refractivity contribution in [2.75, 3.05) is 51.8 Å². The van der Waals surface area contributed by atoms with Crippen LogP contribution in [0.2, 0.25) is 0 Å². The SMILES string of the molecule is Cc1ccc([C@H]2[C@H](O)[C@H](O)[C@H](O)C[SH]2C)cc1Cc1ccc(CCCCNC(=O)N2CCN(C)CC2)cc1. The van der Waals surface area contributed by atoms with Crippen molar-refractivity contribution in [2.24, 2.45) is 0 Å². The zero-order valence-electron chi connectivity index (χ0n) is 23.0. The molecule has 1 unspecified atom stereocenters. The van der Waals surface area contributed by atoms with Crippen molar-refractivity contribution in [3.05, 3.63) is 70.3 Å². The fourth-order valence-corrected chi connectivity index (χ4v) is 7.92. The third-order valence-electron chi connectivity index (χ3n) is 8.11. The lowest BCUT2D eigenvalue weighted by Gasteiger charge is -2.42. The first-order valence-electron chi connectivity index (χ1n) is 13.9. The van der Waals surface area contributed by atoms with Gasteiger partial charge in [0.05, 0.1) is 12.2 Å². The quantitative estimate of drug-likeness (QED) is 0.261. The highest BCUT2D eigenvalue weighted by molar-refractivity contribution is 8.16. The number of benzene rings is 2. The number of aliphatic hydroxyl groups is 3. The minimum Gasteiger partial charge on any atom is -0.390 e. The van der Waals surface area contributed by atoms with E-state index in [1.165, 1.54) is 22.3 Å². The largest absolute Gasteiger partial charge is 0.390 e. The number of nitrogens with one attached hydrogen (secondary N) is 1. The summed E-state index contributed by atoms with van der Waals surface area (Å²) < 4.78 is 0. The lowest BCUT2D eigenvalue weighted by atomic mass is 9.93. The maximum absolute atomic E-state index is 12.3. The van der Waals surface area contributed by atoms with Crippen LogP contribution in [0, 0.1) is 6.92 Å². The van der Waals surface area contributed by atoms with E-state index in [-0.39, 0.29) is 11.3 Å². The van der Waals surface area contributed by atoms with E-state index >= 15 is 0 Å². The Kier molecular flexibility index (Phi) is 10.1. The van der Waals surface area contributed by atoms with Gasteiger partial charge in [0.2, 0.25) is 0 Å². The van der Waals surface area contributed by atoms with Crippen LogP contribution in [0.1, 0.15) is 45.9 Å². The van der Waals surface area contributed by atoms with Crippen LogP contribution < -0.4 is 5.32 Å². The molecule has 0 saturated carbocycles. The van der Waals surface area contributed by atoms with E-state index in [0.717, 1.165) is 57.4 Å². The van der Waals surface area contributed by atoms with E-state index in [9.17, 15) is 20.1 Å². The molecular formula is C30H45N3O4S. The monoisotopic (exact) mass is 543 g/mol. The van der Waals surface area contributed by atoms with Crippen LogP contribution >= 0.6 is 10.9 Å². The van der Waals surface area contributed by atoms with Crippen molar-refractivity contribution in [2.45, 2.75) is 56.2 Å². The normalized spacial score (nSPS) is 27.3. The summed E-state index contributed by atoms with van der Waals surface area (Å²) in [5.41, 5.74) is 6.03. The first kappa shape index (κ1) is 28.9. The van der Waals surface area contributed by atoms with Crippen molar-refractivity contribution in [3.8, 4) is 0 Å². The number of hydrogen-bond acceptors (Lipinski definition) is 5. The van der Waals surface area contributed by atoms with Gasteiger partial charge >= 0.3 is 6.03 Å². The number of nitrogens with zero attached hydrogens (tertiary/aromatic N) is 2. The standard InChI is InChI=1S/C30H45N3O4S/c1-21-7-12-24(29-28(36)27(35)26(34)20-38(29)3)19-25(21)18-23-10-8-22(9-11-23)6-4-5-13-31-30(37)33-16-14-32(2)15-17-33/h7-12,19,26-29,34-36,38H,4-6,13-18,20H2,1-3H3,(H,31,37)/t26-,27-,28-,29+/m1/s1. The number of unbranched alkanes of at least 4 members (excludes halogenated alkanes) is 1. The number of piperazine rings is 1. The van der Waals surface area contributed by atoms with Gasteiger partial charge in [0.1, 0.15) is 6.10 Å². The second-order valence-electron chi connectivity index (χ2n) is 11.1. The fourth-order valence-electron chi connectivity index (χ4n) is 5.52. The van der Waals surface area contributed by atoms with Gasteiger partial charge in [-0.1, -0.05) is 42.5 Å². The average Bonchev–Trinajstić information content (AvgIpc) is 2.90. The molecule has 38 heavy (non-hydrogen) atoms. The number of thiol groups is 1. The molecule has 4 N–H and O–H groups in total. The molecule has 8 heteroatoms. The van der Waals surface area contributed by atoms with Crippen LogP contribution in [-0.2, 0) is 12.8 Å². The molecule has 2 aliphatic rings. The minimum absolute atomic E-state index is 0.0594. The van der Waals surface area contributed by atoms with E-state index in [4.69, 9.17) is 0 Å². The van der Waals surface area contributed by atoms with Crippen molar-refractivity contribution in [1.29, 1.82) is 0 Å². The van der Waals surface area contributed by atoms with Gasteiger partial charge in [0.25, 0.3) is 0 Å². The van der Waals surface area contributed by atoms with E-state index < -0.39 is 29.2 Å². The maximum Gasteiger partial charge on any atom is 0.317 e. The summed E-state index contributed by atoms with van der Waals surface area (Å²) in [6, 6.07) is 15.2. The zero-order chi connectivity index (χ0) is 27.2. The number of aliphatic hydroxyl groups excluding tert-OH is 3. The second kappa shape index (κ2) is 13.3. The van der Waals surface area contributed by atoms with Gasteiger partial charge in [-0.25, -0.2) is 15.7 Å². The molecule has 2 aromatic carbocycles. The Hall–Kier alpha value is -2.10. The molecule has 0 aromatic heterocycles. The smallest absolute Gasteiger partial charge is 0.317 e. The average molecular weight is 544 g/mol. The lowest BCUT2D eigenvalue weighted by Crippen LogP contribution is -2.50. The van der Waals surface area contributed by atoms with Gasteiger partial charge in [-0.15, -0.1) is 0 Å². The molecule has 2 aliphatic heterocycles. The summed E-state index contributed by atoms with van der Waals surface area (Å²) in [6.45, 7) is 6.30. The Bertz CT molecular complexity index is 1060. The summed E-state index contributed by atoms with van der Waals surface area (Å²) in [5, 5.41) is 33.9. The van der Waals surface area contributed by atoms with Crippen LogP contribution in [0.15, 0.2) is 42.5 Å². The Balaban J connectivity index is 1.26. The molecule has 0 spiro atoms. The van der Waals surface area contributed by atoms with Gasteiger partial charge in [0.15, 0.2) is 0 Å². The molecule has 2 aromatic rings. The molecule has 0 radical (unpaired) electrons. The Morgan fingerprint density at radius 3 is 2.37 bits per heavy atom. The number of aryl methyl sites for hydroxylation is 2. The Morgan fingerprint density at radius 1 is 0.974 bits per heavy atom. The number of rotatable bonds is 8. The predicted octanol–water partition coefficient (Wildman–Crippen LogP) is 2.63. The topological polar surface area (TPSA) is 96.3 Å². The molecule has 2 heterocycles. The number of amides is 2. The summed E-state index contributed by atoms with van der Waals surface area (Å²) >= 11 is 0. The van der Waals surface area contributed by atoms with Gasteiger partial charge in [-0.05, 0) is 73.7 Å². The van der Waals surface area contributed by atoms with Gasteiger partial charge in [-0.2, -0.15) is 0 Å². The summed E-state index contributed by atoms with van der Waals surface area (Å²) in [4.78, 5) is 16.4. The van der Waals surface area contributed by atoms with Crippen molar-refractivity contribution in [1.82, 2.24) is 15.1 Å². The van der Waals surface area contributed by atoms with Crippen LogP contribution in [0.4, 0.5) is 4.79 Å². The van der Waals surface area contributed by atoms with Gasteiger partial charge < -0.3 is 30.4 Å². The third kappa shape index (κ3) is 7.30. The summed E-state index contributed by atoms with van der Waals surface area (Å²) in [5.74, 6) is 0.547. The molecule has 0 aliphatic carbocycles. The third-order valence-corrected chi connectivity index (χ3v) is 10.6. The molecule has 2 amide bonds. The fraction of sp³-hybridized carbons (Fsp3) is 0.567. The molecule has 2 fully saturated rings. The van der Waals surface area contributed by atoms with Gasteiger partial charge in [-0.3, -0.25) is 0 Å². The van der Waals surface area contributed by atoms with Crippen LogP contribution in [0.25, 0.3) is 0 Å². The van der Waals surface area contributed by atoms with Crippen LogP contribution in [0.5, 0.6) is 0 Å². The van der Waals surface area contributed by atoms with Gasteiger partial charge in [0, 0.05) is 43.7 Å². The van der Waals surface area contributed by atoms with E-state index in [1.807, 2.05) is 4.90 Å². The summed E-state index contributed by atoms with van der Waals surface area (Å²) in [7, 11) is 1.46. The molecule has 5 atom stereocenters. The second-order valence-corrected chi connectivity index (χ2v) is 13.5. The molecule has 0 bridgehead atoms. The highest BCUT2D eigenvalue weighted by atomic mass is 32.2. The first-order valence-corrected chi connectivity index (χ1v) is 15.9. The first-order chi connectivity index (χ1) is 18.2. The van der Waals surface area contributed by atoms with Crippen LogP contribution in [0.3, 0.4) is 0 Å². The Morgan fingerprint density at radius 2 is 1.66 bits per heavy atom. The summed E-state index contributed by atoms with van der Waals surface area (Å²) in [6.07, 6.45) is 3.02. The maximum atomic E-state index is 12.3. The van der Waals surface area contributed by atoms with Crippen molar-refractivity contribution in [3.63, 3.8) is 0 Å². The lowest BCUT2D eigenvalue weighted by molar-refractivity contribution is -0.0561. The highest BCUT2D eigenvalue weighted by Crippen LogP contribution is 2.48. The number of likely N-dealkylation sites (N-methyl/N-ethyl adjacent to an activating group) is 1. The predicted molar refractivity (Wildman–Crippen MR) is 156 cm³/mol. The number of carbonyl (C=O) groups excluding carboxylic acids is 1. The number of urea groups is 1. The molecule has 7 nitrogen and oxygen atoms in total. The van der Waals surface area contributed by atoms with E-state index in [2.05, 4.69) is 72.9 Å². The molecular weight excluding hydrogens is 498 g/mol. The molecule has 2 saturated heterocycles. The number of carbonyl (C=O) groups is 1. The molecule has 4 rings (SSSR count). The van der Waals surface area contributed by atoms with Crippen LogP contribution in [-0.4, -0.2) is 101 Å². The minimum atomic E-state index is -1.09. The number of hydrogen-bond donors (Lipinski definition) is 5. The van der Waals surface area contributed by atoms with Crippen molar-refractivity contribution >= 4 is 16.9 Å². The molecule has 210 valence electrons. The highest BCUT2D eigenvalue weighted by Gasteiger charge is 2.40. The van der Waals surface area contributed by atoms with E-state index in [1.54, 1.807) is 0 Å². The zero-order valence-corrected chi connectivity index (χ0v) is 23.9. The van der Waals surface area contributed by atoms with E-state index in [0.29, 0.717) is 12.3 Å². The Labute approximate surface area is 230 Å². The van der Waals surface area contributed by atoms with Crippen molar-refractivity contribution < 1.29 is 20.1 Å².